The van der Waals surface area contributed by atoms with Crippen molar-refractivity contribution in [2.24, 2.45) is 0 Å². The summed E-state index contributed by atoms with van der Waals surface area (Å²) in [6, 6.07) is 28.5. The average Bonchev–Trinajstić information content (AvgIpc) is 3.01. The number of amides is 2. The average molecular weight is 571 g/mol. The van der Waals surface area contributed by atoms with Crippen LogP contribution in [0.25, 0.3) is 11.1 Å². The molecule has 0 aliphatic carbocycles. The summed E-state index contributed by atoms with van der Waals surface area (Å²) in [5.74, 6) is 1.04. The summed E-state index contributed by atoms with van der Waals surface area (Å²) in [5.41, 5.74) is 4.74. The van der Waals surface area contributed by atoms with E-state index in [-0.39, 0.29) is 11.8 Å². The van der Waals surface area contributed by atoms with Crippen molar-refractivity contribution in [2.75, 3.05) is 51.4 Å². The Kier molecular flexibility index (Phi) is 10.1. The van der Waals surface area contributed by atoms with Crippen molar-refractivity contribution in [3.63, 3.8) is 0 Å². The maximum Gasteiger partial charge on any atom is 0.255 e. The number of ether oxygens (including phenoxy) is 2. The number of rotatable bonds is 12. The van der Waals surface area contributed by atoms with Gasteiger partial charge in [-0.1, -0.05) is 42.5 Å². The Balaban J connectivity index is 1.39. The number of methoxy groups -OCH3 is 2. The van der Waals surface area contributed by atoms with E-state index in [0.717, 1.165) is 33.1 Å². The summed E-state index contributed by atoms with van der Waals surface area (Å²) in [4.78, 5) is 27.7. The smallest absolute Gasteiger partial charge is 0.255 e. The van der Waals surface area contributed by atoms with Crippen LogP contribution in [0.15, 0.2) is 95.9 Å². The van der Waals surface area contributed by atoms with Crippen LogP contribution in [-0.2, 0) is 0 Å². The Bertz CT molecular complexity index is 1510. The minimum Gasteiger partial charge on any atom is -0.496 e. The van der Waals surface area contributed by atoms with Crippen LogP contribution in [0.5, 0.6) is 11.5 Å². The van der Waals surface area contributed by atoms with E-state index >= 15 is 0 Å². The molecule has 0 aromatic heterocycles. The van der Waals surface area contributed by atoms with Crippen LogP contribution in [0.1, 0.15) is 20.7 Å². The largest absolute Gasteiger partial charge is 0.496 e. The molecule has 0 aliphatic rings. The van der Waals surface area contributed by atoms with E-state index in [9.17, 15) is 9.59 Å². The number of nitrogens with zero attached hydrogens (tertiary/aromatic N) is 1. The van der Waals surface area contributed by atoms with Gasteiger partial charge < -0.3 is 29.7 Å². The molecule has 0 saturated heterocycles. The van der Waals surface area contributed by atoms with E-state index < -0.39 is 0 Å². The second kappa shape index (κ2) is 14.1. The molecule has 0 radical (unpaired) electrons. The first kappa shape index (κ1) is 29.4. The van der Waals surface area contributed by atoms with Gasteiger partial charge in [-0.05, 0) is 71.6 Å². The molecule has 4 aromatic rings. The van der Waals surface area contributed by atoms with Gasteiger partial charge in [-0.15, -0.1) is 0 Å². The standard InChI is InChI=1S/C32H34N4O4S/c1-36(2)32(38)26-13-6-5-12-25(26)22-16-17-29(40-4)30(20-22)41-35-24-11-9-10-23(21-24)33-18-19-34-31(37)27-14-7-8-15-28(27)39-3/h5-17,20-21,33,35H,18-19H2,1-4H3,(H,34,37). The topological polar surface area (TPSA) is 91.9 Å². The molecule has 0 spiro atoms. The number of carbonyl (C=O) groups excluding carboxylic acids is 2. The highest BCUT2D eigenvalue weighted by atomic mass is 32.2. The highest BCUT2D eigenvalue weighted by Gasteiger charge is 2.16. The van der Waals surface area contributed by atoms with Crippen molar-refractivity contribution in [3.05, 3.63) is 102 Å². The highest BCUT2D eigenvalue weighted by Crippen LogP contribution is 2.35. The first-order chi connectivity index (χ1) is 19.9. The predicted octanol–water partition coefficient (Wildman–Crippen LogP) is 6.03. The molecule has 4 rings (SSSR count). The summed E-state index contributed by atoms with van der Waals surface area (Å²) in [7, 11) is 6.69. The Labute approximate surface area is 245 Å². The SMILES string of the molecule is COc1ccc(-c2ccccc2C(=O)N(C)C)cc1SNc1cccc(NCCNC(=O)c2ccccc2OC)c1. The minimum atomic E-state index is -0.180. The van der Waals surface area contributed by atoms with Gasteiger partial charge in [0.25, 0.3) is 11.8 Å². The van der Waals surface area contributed by atoms with Crippen molar-refractivity contribution in [1.29, 1.82) is 0 Å². The van der Waals surface area contributed by atoms with Gasteiger partial charge in [0.2, 0.25) is 0 Å². The van der Waals surface area contributed by atoms with Gasteiger partial charge in [-0.25, -0.2) is 0 Å². The zero-order valence-corrected chi connectivity index (χ0v) is 24.4. The Morgan fingerprint density at radius 3 is 2.22 bits per heavy atom. The lowest BCUT2D eigenvalue weighted by Crippen LogP contribution is -2.29. The van der Waals surface area contributed by atoms with Gasteiger partial charge in [0, 0.05) is 44.1 Å². The Morgan fingerprint density at radius 2 is 1.46 bits per heavy atom. The van der Waals surface area contributed by atoms with E-state index in [1.807, 2.05) is 78.9 Å². The molecule has 0 heterocycles. The molecule has 2 amide bonds. The first-order valence-electron chi connectivity index (χ1n) is 13.1. The summed E-state index contributed by atoms with van der Waals surface area (Å²) < 4.78 is 14.3. The molecule has 41 heavy (non-hydrogen) atoms. The van der Waals surface area contributed by atoms with Gasteiger partial charge in [-0.3, -0.25) is 9.59 Å². The Hall–Kier alpha value is -4.63. The third-order valence-electron chi connectivity index (χ3n) is 6.27. The summed E-state index contributed by atoms with van der Waals surface area (Å²) in [6.07, 6.45) is 0. The molecule has 0 fully saturated rings. The summed E-state index contributed by atoms with van der Waals surface area (Å²) >= 11 is 1.43. The maximum atomic E-state index is 12.8. The predicted molar refractivity (Wildman–Crippen MR) is 166 cm³/mol. The van der Waals surface area contributed by atoms with Crippen molar-refractivity contribution >= 4 is 35.1 Å². The molecular weight excluding hydrogens is 536 g/mol. The molecule has 8 nitrogen and oxygen atoms in total. The van der Waals surface area contributed by atoms with E-state index in [1.165, 1.54) is 11.9 Å². The minimum absolute atomic E-state index is 0.0487. The molecule has 0 bridgehead atoms. The monoisotopic (exact) mass is 570 g/mol. The van der Waals surface area contributed by atoms with Crippen LogP contribution < -0.4 is 24.8 Å². The molecule has 3 N–H and O–H groups in total. The third-order valence-corrected chi connectivity index (χ3v) is 7.15. The molecule has 4 aromatic carbocycles. The lowest BCUT2D eigenvalue weighted by Gasteiger charge is -2.16. The fourth-order valence-corrected chi connectivity index (χ4v) is 5.00. The molecule has 0 saturated carbocycles. The summed E-state index contributed by atoms with van der Waals surface area (Å²) in [6.45, 7) is 1.00. The third kappa shape index (κ3) is 7.52. The zero-order chi connectivity index (χ0) is 29.2. The maximum absolute atomic E-state index is 12.8. The van der Waals surface area contributed by atoms with Gasteiger partial charge >= 0.3 is 0 Å². The number of carbonyl (C=O) groups is 2. The van der Waals surface area contributed by atoms with Crippen LogP contribution in [0.2, 0.25) is 0 Å². The van der Waals surface area contributed by atoms with Crippen molar-refractivity contribution in [3.8, 4) is 22.6 Å². The lowest BCUT2D eigenvalue weighted by molar-refractivity contribution is 0.0828. The first-order valence-corrected chi connectivity index (χ1v) is 13.9. The van der Waals surface area contributed by atoms with Crippen LogP contribution in [-0.4, -0.2) is 58.1 Å². The normalized spacial score (nSPS) is 10.4. The van der Waals surface area contributed by atoms with Crippen LogP contribution in [0.4, 0.5) is 11.4 Å². The molecular formula is C32H34N4O4S. The van der Waals surface area contributed by atoms with E-state index in [4.69, 9.17) is 9.47 Å². The fraction of sp³-hybridized carbons (Fsp3) is 0.188. The molecule has 0 atom stereocenters. The highest BCUT2D eigenvalue weighted by molar-refractivity contribution is 8.00. The second-order valence-corrected chi connectivity index (χ2v) is 10.1. The van der Waals surface area contributed by atoms with Crippen molar-refractivity contribution in [1.82, 2.24) is 10.2 Å². The number of anilines is 2. The molecule has 212 valence electrons. The van der Waals surface area contributed by atoms with Gasteiger partial charge in [0.05, 0.1) is 24.7 Å². The quantitative estimate of drug-likeness (QED) is 0.141. The number of hydrogen-bond donors (Lipinski definition) is 3. The van der Waals surface area contributed by atoms with E-state index in [0.29, 0.717) is 30.0 Å². The van der Waals surface area contributed by atoms with Gasteiger partial charge in [0.15, 0.2) is 0 Å². The lowest BCUT2D eigenvalue weighted by atomic mass is 9.99. The molecule has 0 aliphatic heterocycles. The van der Waals surface area contributed by atoms with Crippen molar-refractivity contribution in [2.45, 2.75) is 4.90 Å². The van der Waals surface area contributed by atoms with Crippen LogP contribution in [0, 0.1) is 0 Å². The van der Waals surface area contributed by atoms with Gasteiger partial charge in [-0.2, -0.15) is 0 Å². The van der Waals surface area contributed by atoms with E-state index in [2.05, 4.69) is 15.4 Å². The summed E-state index contributed by atoms with van der Waals surface area (Å²) in [5, 5.41) is 6.26. The van der Waals surface area contributed by atoms with E-state index in [1.54, 1.807) is 45.3 Å². The molecule has 9 heteroatoms. The molecule has 0 unspecified atom stereocenters. The zero-order valence-electron chi connectivity index (χ0n) is 23.6. The van der Waals surface area contributed by atoms with Crippen LogP contribution >= 0.6 is 11.9 Å². The van der Waals surface area contributed by atoms with Crippen LogP contribution in [0.3, 0.4) is 0 Å². The Morgan fingerprint density at radius 1 is 0.756 bits per heavy atom. The van der Waals surface area contributed by atoms with Crippen molar-refractivity contribution < 1.29 is 19.1 Å². The number of para-hydroxylation sites is 1. The second-order valence-electron chi connectivity index (χ2n) is 9.28. The number of hydrogen-bond acceptors (Lipinski definition) is 7. The van der Waals surface area contributed by atoms with Gasteiger partial charge in [0.1, 0.15) is 11.5 Å². The fourth-order valence-electron chi connectivity index (χ4n) is 4.20. The number of benzene rings is 4. The number of nitrogens with one attached hydrogen (secondary N) is 3.